The first-order chi connectivity index (χ1) is 8.26. The van der Waals surface area contributed by atoms with Crippen molar-refractivity contribution in [1.82, 2.24) is 4.98 Å². The lowest BCUT2D eigenvalue weighted by Gasteiger charge is -2.06. The number of nitrogens with two attached hydrogens (primary N) is 1. The molecule has 0 fully saturated rings. The Balaban J connectivity index is 2.55. The Morgan fingerprint density at radius 3 is 2.65 bits per heavy atom. The van der Waals surface area contributed by atoms with Crippen LogP contribution < -0.4 is 11.3 Å². The largest absolute Gasteiger partial charge is 0.307 e. The minimum absolute atomic E-state index is 0.230. The van der Waals surface area contributed by atoms with E-state index in [4.69, 9.17) is 11.1 Å². The summed E-state index contributed by atoms with van der Waals surface area (Å²) in [4.78, 5) is 4.09. The molecule has 5 heteroatoms. The molecule has 1 heterocycles. The quantitative estimate of drug-likeness (QED) is 0.609. The normalized spacial score (nSPS) is 9.71. The molecule has 0 radical (unpaired) electrons. The molecule has 0 atom stereocenters. The van der Waals surface area contributed by atoms with Crippen molar-refractivity contribution in [3.8, 4) is 17.3 Å². The molecule has 1 aromatic heterocycles. The van der Waals surface area contributed by atoms with Gasteiger partial charge in [-0.2, -0.15) is 5.26 Å². The third-order valence-corrected chi connectivity index (χ3v) is 2.30. The second kappa shape index (κ2) is 4.60. The van der Waals surface area contributed by atoms with Crippen LogP contribution in [0.25, 0.3) is 11.3 Å². The number of anilines is 1. The molecule has 0 spiro atoms. The molecular formula is C12H9FN4. The smallest absolute Gasteiger partial charge is 0.158 e. The second-order valence-corrected chi connectivity index (χ2v) is 3.33. The van der Waals surface area contributed by atoms with Crippen molar-refractivity contribution < 1.29 is 4.39 Å². The van der Waals surface area contributed by atoms with Gasteiger partial charge in [0, 0.05) is 5.56 Å². The first-order valence-corrected chi connectivity index (χ1v) is 4.89. The van der Waals surface area contributed by atoms with Gasteiger partial charge in [-0.1, -0.05) is 12.1 Å². The standard InChI is InChI=1S/C12H9FN4/c13-10-4-2-1-3-9(10)11-6-5-8(7-14)12(16-11)17-15/h1-6H,15H2,(H,16,17). The van der Waals surface area contributed by atoms with Crippen LogP contribution in [-0.4, -0.2) is 4.98 Å². The van der Waals surface area contributed by atoms with Gasteiger partial charge in [0.2, 0.25) is 0 Å². The predicted molar refractivity (Wildman–Crippen MR) is 62.2 cm³/mol. The number of rotatable bonds is 2. The third kappa shape index (κ3) is 2.07. The van der Waals surface area contributed by atoms with E-state index in [9.17, 15) is 4.39 Å². The summed E-state index contributed by atoms with van der Waals surface area (Å²) in [5.41, 5.74) is 3.43. The molecule has 0 saturated heterocycles. The van der Waals surface area contributed by atoms with E-state index in [1.54, 1.807) is 30.3 Å². The summed E-state index contributed by atoms with van der Waals surface area (Å²) in [7, 11) is 0. The Morgan fingerprint density at radius 1 is 1.24 bits per heavy atom. The van der Waals surface area contributed by atoms with Crippen molar-refractivity contribution in [3.05, 3.63) is 47.8 Å². The minimum Gasteiger partial charge on any atom is -0.307 e. The molecule has 17 heavy (non-hydrogen) atoms. The summed E-state index contributed by atoms with van der Waals surface area (Å²) < 4.78 is 13.5. The summed E-state index contributed by atoms with van der Waals surface area (Å²) in [5, 5.41) is 8.81. The summed E-state index contributed by atoms with van der Waals surface area (Å²) in [5.74, 6) is 5.12. The molecular weight excluding hydrogens is 219 g/mol. The lowest BCUT2D eigenvalue weighted by atomic mass is 10.1. The van der Waals surface area contributed by atoms with Crippen molar-refractivity contribution in [2.24, 2.45) is 5.84 Å². The van der Waals surface area contributed by atoms with Crippen molar-refractivity contribution in [2.75, 3.05) is 5.43 Å². The highest BCUT2D eigenvalue weighted by molar-refractivity contribution is 5.64. The van der Waals surface area contributed by atoms with Crippen LogP contribution in [0.2, 0.25) is 0 Å². The number of nitrogen functional groups attached to an aromatic ring is 1. The van der Waals surface area contributed by atoms with Crippen LogP contribution in [0.15, 0.2) is 36.4 Å². The molecule has 0 bridgehead atoms. The Hall–Kier alpha value is -2.45. The number of hydrazine groups is 1. The molecule has 84 valence electrons. The Bertz CT molecular complexity index is 589. The first-order valence-electron chi connectivity index (χ1n) is 4.89. The number of hydrogen-bond donors (Lipinski definition) is 2. The van der Waals surface area contributed by atoms with Crippen molar-refractivity contribution in [1.29, 1.82) is 5.26 Å². The SMILES string of the molecule is N#Cc1ccc(-c2ccccc2F)nc1NN. The van der Waals surface area contributed by atoms with Gasteiger partial charge >= 0.3 is 0 Å². The maximum Gasteiger partial charge on any atom is 0.158 e. The van der Waals surface area contributed by atoms with E-state index >= 15 is 0 Å². The van der Waals surface area contributed by atoms with Crippen LogP contribution in [0.5, 0.6) is 0 Å². The fraction of sp³-hybridized carbons (Fsp3) is 0. The minimum atomic E-state index is -0.368. The maximum absolute atomic E-state index is 13.5. The average molecular weight is 228 g/mol. The van der Waals surface area contributed by atoms with Gasteiger partial charge in [0.1, 0.15) is 11.9 Å². The van der Waals surface area contributed by atoms with Crippen molar-refractivity contribution >= 4 is 5.82 Å². The molecule has 0 saturated carbocycles. The summed E-state index contributed by atoms with van der Waals surface area (Å²) >= 11 is 0. The Kier molecular flexibility index (Phi) is 2.99. The van der Waals surface area contributed by atoms with E-state index < -0.39 is 0 Å². The molecule has 0 amide bonds. The number of aromatic nitrogens is 1. The van der Waals surface area contributed by atoms with E-state index in [0.717, 1.165) is 0 Å². The molecule has 4 nitrogen and oxygen atoms in total. The van der Waals surface area contributed by atoms with E-state index in [-0.39, 0.29) is 11.6 Å². The average Bonchev–Trinajstić information content (AvgIpc) is 2.38. The van der Waals surface area contributed by atoms with Gasteiger partial charge < -0.3 is 5.43 Å². The lowest BCUT2D eigenvalue weighted by molar-refractivity contribution is 0.631. The van der Waals surface area contributed by atoms with Crippen LogP contribution in [0.3, 0.4) is 0 Å². The fourth-order valence-electron chi connectivity index (χ4n) is 1.48. The number of pyridine rings is 1. The number of benzene rings is 1. The van der Waals surface area contributed by atoms with Gasteiger partial charge in [-0.05, 0) is 24.3 Å². The van der Waals surface area contributed by atoms with Crippen LogP contribution in [-0.2, 0) is 0 Å². The highest BCUT2D eigenvalue weighted by Crippen LogP contribution is 2.23. The van der Waals surface area contributed by atoms with Crippen LogP contribution in [0.1, 0.15) is 5.56 Å². The molecule has 3 N–H and O–H groups in total. The number of hydrogen-bond acceptors (Lipinski definition) is 4. The number of halogens is 1. The fourth-order valence-corrected chi connectivity index (χ4v) is 1.48. The van der Waals surface area contributed by atoms with Gasteiger partial charge in [0.15, 0.2) is 5.82 Å². The molecule has 0 aliphatic heterocycles. The highest BCUT2D eigenvalue weighted by Gasteiger charge is 2.08. The molecule has 0 unspecified atom stereocenters. The van der Waals surface area contributed by atoms with Gasteiger partial charge in [-0.15, -0.1) is 0 Å². The Labute approximate surface area is 97.5 Å². The van der Waals surface area contributed by atoms with Crippen molar-refractivity contribution in [3.63, 3.8) is 0 Å². The van der Waals surface area contributed by atoms with Gasteiger partial charge in [0.05, 0.1) is 11.3 Å². The summed E-state index contributed by atoms with van der Waals surface area (Å²) in [6.07, 6.45) is 0. The monoisotopic (exact) mass is 228 g/mol. The van der Waals surface area contributed by atoms with E-state index in [0.29, 0.717) is 16.8 Å². The Morgan fingerprint density at radius 2 is 2.00 bits per heavy atom. The molecule has 2 rings (SSSR count). The summed E-state index contributed by atoms with van der Waals surface area (Å²) in [6, 6.07) is 11.4. The van der Waals surface area contributed by atoms with Gasteiger partial charge in [-0.3, -0.25) is 0 Å². The molecule has 0 aliphatic rings. The maximum atomic E-state index is 13.5. The number of nitriles is 1. The van der Waals surface area contributed by atoms with Gasteiger partial charge in [-0.25, -0.2) is 15.2 Å². The zero-order chi connectivity index (χ0) is 12.3. The molecule has 0 aliphatic carbocycles. The highest BCUT2D eigenvalue weighted by atomic mass is 19.1. The van der Waals surface area contributed by atoms with Gasteiger partial charge in [0.25, 0.3) is 0 Å². The van der Waals surface area contributed by atoms with E-state index in [2.05, 4.69) is 10.4 Å². The second-order valence-electron chi connectivity index (χ2n) is 3.33. The molecule has 1 aromatic carbocycles. The topological polar surface area (TPSA) is 74.7 Å². The van der Waals surface area contributed by atoms with E-state index in [1.165, 1.54) is 6.07 Å². The van der Waals surface area contributed by atoms with Crippen LogP contribution in [0, 0.1) is 17.1 Å². The van der Waals surface area contributed by atoms with Crippen LogP contribution in [0.4, 0.5) is 10.2 Å². The molecule has 2 aromatic rings. The number of nitrogens with one attached hydrogen (secondary N) is 1. The lowest BCUT2D eigenvalue weighted by Crippen LogP contribution is -2.10. The predicted octanol–water partition coefficient (Wildman–Crippen LogP) is 2.04. The summed E-state index contributed by atoms with van der Waals surface area (Å²) in [6.45, 7) is 0. The van der Waals surface area contributed by atoms with Crippen molar-refractivity contribution in [2.45, 2.75) is 0 Å². The first kappa shape index (κ1) is 11.0. The third-order valence-electron chi connectivity index (χ3n) is 2.30. The number of nitrogens with zero attached hydrogens (tertiary/aromatic N) is 2. The van der Waals surface area contributed by atoms with Crippen LogP contribution >= 0.6 is 0 Å². The zero-order valence-corrected chi connectivity index (χ0v) is 8.81. The van der Waals surface area contributed by atoms with E-state index in [1.807, 2.05) is 6.07 Å². The zero-order valence-electron chi connectivity index (χ0n) is 8.81.